The molecule has 2 heterocycles. The Morgan fingerprint density at radius 1 is 1.50 bits per heavy atom. The number of nitrogens with zero attached hydrogens (tertiary/aromatic N) is 1. The van der Waals surface area contributed by atoms with Gasteiger partial charge in [-0.1, -0.05) is 15.9 Å². The summed E-state index contributed by atoms with van der Waals surface area (Å²) in [5.41, 5.74) is 4.83. The monoisotopic (exact) mass is 350 g/mol. The third kappa shape index (κ3) is 2.48. The number of hydrogen-bond donors (Lipinski definition) is 1. The molecule has 0 fully saturated rings. The number of carbonyl (C=O) groups excluding carboxylic acids is 1. The van der Waals surface area contributed by atoms with Crippen LogP contribution in [0.3, 0.4) is 0 Å². The lowest BCUT2D eigenvalue weighted by atomic mass is 9.97. The molecule has 3 rings (SSSR count). The maximum absolute atomic E-state index is 10.5. The average Bonchev–Trinajstić information content (AvgIpc) is 3.09. The van der Waals surface area contributed by atoms with Crippen LogP contribution in [0.25, 0.3) is 10.9 Å². The number of nitrogens with one attached hydrogen (secondary N) is 1. The SMILES string of the molecule is O=COCC(c1cscn1)c1c[nH]c2ccc(Br)cc12. The van der Waals surface area contributed by atoms with E-state index >= 15 is 0 Å². The van der Waals surface area contributed by atoms with Crippen molar-refractivity contribution >= 4 is 44.6 Å². The fourth-order valence-corrected chi connectivity index (χ4v) is 3.24. The number of H-pyrrole nitrogens is 1. The number of hydrogen-bond acceptors (Lipinski definition) is 4. The Labute approximate surface area is 127 Å². The summed E-state index contributed by atoms with van der Waals surface area (Å²) in [6.07, 6.45) is 1.95. The summed E-state index contributed by atoms with van der Waals surface area (Å²) < 4.78 is 5.99. The number of benzene rings is 1. The molecule has 0 radical (unpaired) electrons. The molecule has 6 heteroatoms. The van der Waals surface area contributed by atoms with E-state index in [0.29, 0.717) is 6.47 Å². The minimum atomic E-state index is -0.0606. The average molecular weight is 351 g/mol. The molecule has 102 valence electrons. The lowest BCUT2D eigenvalue weighted by Crippen LogP contribution is -2.09. The summed E-state index contributed by atoms with van der Waals surface area (Å²) in [6.45, 7) is 0.761. The summed E-state index contributed by atoms with van der Waals surface area (Å²) in [5, 5.41) is 3.09. The molecule has 1 N–H and O–H groups in total. The molecule has 0 aliphatic heterocycles. The normalized spacial score (nSPS) is 12.4. The molecule has 1 unspecified atom stereocenters. The lowest BCUT2D eigenvalue weighted by molar-refractivity contribution is -0.128. The van der Waals surface area contributed by atoms with E-state index in [4.69, 9.17) is 4.74 Å². The van der Waals surface area contributed by atoms with Gasteiger partial charge < -0.3 is 9.72 Å². The molecule has 1 atom stereocenters. The smallest absolute Gasteiger partial charge is 0.293 e. The van der Waals surface area contributed by atoms with E-state index in [2.05, 4.69) is 32.0 Å². The first-order valence-corrected chi connectivity index (χ1v) is 7.73. The number of thiazole rings is 1. The molecule has 20 heavy (non-hydrogen) atoms. The molecular weight excluding hydrogens is 340 g/mol. The predicted octanol–water partition coefficient (Wildman–Crippen LogP) is 3.69. The molecule has 2 aromatic heterocycles. The topological polar surface area (TPSA) is 55.0 Å². The van der Waals surface area contributed by atoms with Gasteiger partial charge in [0.15, 0.2) is 0 Å². The van der Waals surface area contributed by atoms with Crippen molar-refractivity contribution in [3.05, 3.63) is 51.0 Å². The van der Waals surface area contributed by atoms with Crippen LogP contribution in [0.2, 0.25) is 0 Å². The predicted molar refractivity (Wildman–Crippen MR) is 82.0 cm³/mol. The van der Waals surface area contributed by atoms with E-state index in [1.54, 1.807) is 5.51 Å². The molecule has 0 saturated carbocycles. The van der Waals surface area contributed by atoms with Gasteiger partial charge in [0, 0.05) is 27.0 Å². The Hall–Kier alpha value is -1.66. The molecule has 0 spiro atoms. The second-order valence-corrected chi connectivity index (χ2v) is 5.96. The number of halogens is 1. The van der Waals surface area contributed by atoms with Gasteiger partial charge in [-0.2, -0.15) is 0 Å². The molecular formula is C14H11BrN2O2S. The van der Waals surface area contributed by atoms with Crippen LogP contribution in [0.4, 0.5) is 0 Å². The molecule has 1 aromatic carbocycles. The lowest BCUT2D eigenvalue weighted by Gasteiger charge is -2.13. The largest absolute Gasteiger partial charge is 0.467 e. The second kappa shape index (κ2) is 5.76. The quantitative estimate of drug-likeness (QED) is 0.714. The van der Waals surface area contributed by atoms with E-state index in [9.17, 15) is 4.79 Å². The molecule has 0 bridgehead atoms. The molecule has 4 nitrogen and oxygen atoms in total. The van der Waals surface area contributed by atoms with E-state index < -0.39 is 0 Å². The summed E-state index contributed by atoms with van der Waals surface area (Å²) in [4.78, 5) is 18.1. The van der Waals surface area contributed by atoms with E-state index in [1.165, 1.54) is 11.3 Å². The highest BCUT2D eigenvalue weighted by Crippen LogP contribution is 2.32. The first kappa shape index (κ1) is 13.3. The van der Waals surface area contributed by atoms with Gasteiger partial charge in [-0.3, -0.25) is 4.79 Å². The van der Waals surface area contributed by atoms with Crippen molar-refractivity contribution in [3.8, 4) is 0 Å². The zero-order chi connectivity index (χ0) is 13.9. The van der Waals surface area contributed by atoms with Gasteiger partial charge in [-0.25, -0.2) is 4.98 Å². The fourth-order valence-electron chi connectivity index (χ4n) is 2.27. The van der Waals surface area contributed by atoms with Gasteiger partial charge in [0.2, 0.25) is 0 Å². The zero-order valence-corrected chi connectivity index (χ0v) is 12.8. The number of fused-ring (bicyclic) bond motifs is 1. The van der Waals surface area contributed by atoms with Gasteiger partial charge in [0.05, 0.1) is 17.1 Å². The summed E-state index contributed by atoms with van der Waals surface area (Å²) in [5.74, 6) is -0.0606. The fraction of sp³-hybridized carbons (Fsp3) is 0.143. The number of aromatic nitrogens is 2. The molecule has 0 amide bonds. The number of carbonyl (C=O) groups is 1. The van der Waals surface area contributed by atoms with Crippen molar-refractivity contribution in [1.82, 2.24) is 9.97 Å². The van der Waals surface area contributed by atoms with Crippen LogP contribution in [0.5, 0.6) is 0 Å². The van der Waals surface area contributed by atoms with Crippen molar-refractivity contribution in [2.45, 2.75) is 5.92 Å². The van der Waals surface area contributed by atoms with Crippen LogP contribution in [0, 0.1) is 0 Å². The maximum atomic E-state index is 10.5. The Morgan fingerprint density at radius 3 is 3.15 bits per heavy atom. The minimum absolute atomic E-state index is 0.0606. The van der Waals surface area contributed by atoms with Gasteiger partial charge in [-0.05, 0) is 23.8 Å². The standard InChI is InChI=1S/C14H11BrN2O2S/c15-9-1-2-13-10(3-9)11(4-16-13)12(5-19-8-18)14-6-20-7-17-14/h1-4,6-8,12,16H,5H2. The van der Waals surface area contributed by atoms with Crippen LogP contribution in [-0.2, 0) is 9.53 Å². The van der Waals surface area contributed by atoms with Crippen LogP contribution in [0.15, 0.2) is 39.8 Å². The molecule has 0 saturated heterocycles. The summed E-state index contributed by atoms with van der Waals surface area (Å²) in [6, 6.07) is 6.06. The number of aromatic amines is 1. The van der Waals surface area contributed by atoms with Crippen LogP contribution < -0.4 is 0 Å². The first-order valence-electron chi connectivity index (χ1n) is 5.99. The van der Waals surface area contributed by atoms with Gasteiger partial charge >= 0.3 is 0 Å². The van der Waals surface area contributed by atoms with Gasteiger partial charge in [0.25, 0.3) is 6.47 Å². The second-order valence-electron chi connectivity index (χ2n) is 4.33. The highest BCUT2D eigenvalue weighted by molar-refractivity contribution is 9.10. The highest BCUT2D eigenvalue weighted by atomic mass is 79.9. The Bertz CT molecular complexity index is 724. The van der Waals surface area contributed by atoms with Crippen LogP contribution >= 0.6 is 27.3 Å². The van der Waals surface area contributed by atoms with E-state index in [-0.39, 0.29) is 12.5 Å². The van der Waals surface area contributed by atoms with E-state index in [1.807, 2.05) is 23.7 Å². The van der Waals surface area contributed by atoms with Gasteiger partial charge in [0.1, 0.15) is 6.61 Å². The highest BCUT2D eigenvalue weighted by Gasteiger charge is 2.20. The Balaban J connectivity index is 2.08. The summed E-state index contributed by atoms with van der Waals surface area (Å²) >= 11 is 5.02. The third-order valence-corrected chi connectivity index (χ3v) is 4.29. The van der Waals surface area contributed by atoms with Crippen LogP contribution in [-0.4, -0.2) is 23.0 Å². The van der Waals surface area contributed by atoms with Crippen molar-refractivity contribution in [2.75, 3.05) is 6.61 Å². The van der Waals surface area contributed by atoms with Crippen molar-refractivity contribution in [3.63, 3.8) is 0 Å². The Morgan fingerprint density at radius 2 is 2.40 bits per heavy atom. The molecule has 0 aliphatic carbocycles. The minimum Gasteiger partial charge on any atom is -0.467 e. The first-order chi connectivity index (χ1) is 9.79. The number of ether oxygens (including phenoxy) is 1. The van der Waals surface area contributed by atoms with Gasteiger partial charge in [-0.15, -0.1) is 11.3 Å². The zero-order valence-electron chi connectivity index (χ0n) is 10.4. The maximum Gasteiger partial charge on any atom is 0.293 e. The van der Waals surface area contributed by atoms with Crippen LogP contribution in [0.1, 0.15) is 17.2 Å². The van der Waals surface area contributed by atoms with E-state index in [0.717, 1.165) is 26.6 Å². The van der Waals surface area contributed by atoms with Crippen molar-refractivity contribution in [1.29, 1.82) is 0 Å². The Kier molecular flexibility index (Phi) is 3.84. The van der Waals surface area contributed by atoms with Crippen molar-refractivity contribution in [2.24, 2.45) is 0 Å². The number of rotatable bonds is 5. The third-order valence-electron chi connectivity index (χ3n) is 3.19. The summed E-state index contributed by atoms with van der Waals surface area (Å²) in [7, 11) is 0. The molecule has 0 aliphatic rings. The molecule has 3 aromatic rings. The van der Waals surface area contributed by atoms with Crippen molar-refractivity contribution < 1.29 is 9.53 Å².